The van der Waals surface area contributed by atoms with Gasteiger partial charge in [-0.3, -0.25) is 4.98 Å². The second-order valence-corrected chi connectivity index (χ2v) is 5.49. The Bertz CT molecular complexity index is 554. The molecule has 2 aromatic rings. The van der Waals surface area contributed by atoms with Crippen LogP contribution in [0, 0.1) is 13.8 Å². The summed E-state index contributed by atoms with van der Waals surface area (Å²) in [6.07, 6.45) is 3.62. The SMILES string of the molecule is Cc1ccc(C(O)Cc2cncc(Br)c2)cc1C. The number of halogens is 1. The van der Waals surface area contributed by atoms with E-state index >= 15 is 0 Å². The fourth-order valence-electron chi connectivity index (χ4n) is 1.88. The van der Waals surface area contributed by atoms with Crippen molar-refractivity contribution in [2.24, 2.45) is 0 Å². The molecule has 0 aliphatic carbocycles. The lowest BCUT2D eigenvalue weighted by Gasteiger charge is -2.12. The maximum absolute atomic E-state index is 10.2. The number of hydrogen-bond donors (Lipinski definition) is 1. The standard InChI is InChI=1S/C15H16BrNO/c1-10-3-4-13(5-11(10)2)15(18)7-12-6-14(16)9-17-8-12/h3-6,8-9,15,18H,7H2,1-2H3. The highest BCUT2D eigenvalue weighted by molar-refractivity contribution is 9.10. The van der Waals surface area contributed by atoms with Gasteiger partial charge in [0.25, 0.3) is 0 Å². The van der Waals surface area contributed by atoms with E-state index in [1.54, 1.807) is 12.4 Å². The molecule has 1 N–H and O–H groups in total. The van der Waals surface area contributed by atoms with E-state index in [4.69, 9.17) is 0 Å². The quantitative estimate of drug-likeness (QED) is 0.937. The second kappa shape index (κ2) is 5.63. The molecule has 0 aliphatic heterocycles. The normalized spacial score (nSPS) is 12.4. The van der Waals surface area contributed by atoms with E-state index in [0.717, 1.165) is 15.6 Å². The molecular formula is C15H16BrNO. The number of nitrogens with zero attached hydrogens (tertiary/aromatic N) is 1. The van der Waals surface area contributed by atoms with Crippen molar-refractivity contribution in [1.29, 1.82) is 0 Å². The Balaban J connectivity index is 2.16. The molecule has 94 valence electrons. The van der Waals surface area contributed by atoms with Gasteiger partial charge in [0.15, 0.2) is 0 Å². The van der Waals surface area contributed by atoms with Crippen LogP contribution in [-0.2, 0) is 6.42 Å². The lowest BCUT2D eigenvalue weighted by molar-refractivity contribution is 0.178. The molecule has 0 saturated carbocycles. The smallest absolute Gasteiger partial charge is 0.0831 e. The van der Waals surface area contributed by atoms with Gasteiger partial charge in [0, 0.05) is 23.3 Å². The number of aliphatic hydroxyl groups excluding tert-OH is 1. The Morgan fingerprint density at radius 1 is 1.17 bits per heavy atom. The molecule has 0 saturated heterocycles. The first-order valence-electron chi connectivity index (χ1n) is 5.91. The van der Waals surface area contributed by atoms with Crippen molar-refractivity contribution >= 4 is 15.9 Å². The predicted molar refractivity (Wildman–Crippen MR) is 76.5 cm³/mol. The molecular weight excluding hydrogens is 290 g/mol. The first-order chi connectivity index (χ1) is 8.56. The summed E-state index contributed by atoms with van der Waals surface area (Å²) in [4.78, 5) is 4.10. The average Bonchev–Trinajstić information content (AvgIpc) is 2.32. The number of aromatic nitrogens is 1. The van der Waals surface area contributed by atoms with Crippen molar-refractivity contribution in [2.45, 2.75) is 26.4 Å². The first-order valence-corrected chi connectivity index (χ1v) is 6.70. The fourth-order valence-corrected chi connectivity index (χ4v) is 2.29. The topological polar surface area (TPSA) is 33.1 Å². The molecule has 1 atom stereocenters. The third kappa shape index (κ3) is 3.18. The zero-order valence-electron chi connectivity index (χ0n) is 10.5. The molecule has 0 bridgehead atoms. The van der Waals surface area contributed by atoms with Crippen LogP contribution in [0.2, 0.25) is 0 Å². The predicted octanol–water partition coefficient (Wildman–Crippen LogP) is 3.74. The Kier molecular flexibility index (Phi) is 4.15. The van der Waals surface area contributed by atoms with Crippen molar-refractivity contribution in [3.8, 4) is 0 Å². The Labute approximate surface area is 116 Å². The van der Waals surface area contributed by atoms with E-state index in [-0.39, 0.29) is 0 Å². The molecule has 0 aliphatic rings. The molecule has 2 rings (SSSR count). The minimum atomic E-state index is -0.486. The summed E-state index contributed by atoms with van der Waals surface area (Å²) in [5, 5.41) is 10.2. The molecule has 0 spiro atoms. The summed E-state index contributed by atoms with van der Waals surface area (Å²) in [5.41, 5.74) is 4.43. The van der Waals surface area contributed by atoms with Crippen LogP contribution >= 0.6 is 15.9 Å². The van der Waals surface area contributed by atoms with Crippen molar-refractivity contribution < 1.29 is 5.11 Å². The van der Waals surface area contributed by atoms with E-state index in [1.165, 1.54) is 11.1 Å². The minimum absolute atomic E-state index is 0.486. The van der Waals surface area contributed by atoms with Gasteiger partial charge in [-0.15, -0.1) is 0 Å². The monoisotopic (exact) mass is 305 g/mol. The van der Waals surface area contributed by atoms with E-state index in [9.17, 15) is 5.11 Å². The summed E-state index contributed by atoms with van der Waals surface area (Å²) in [5.74, 6) is 0. The summed E-state index contributed by atoms with van der Waals surface area (Å²) in [7, 11) is 0. The van der Waals surface area contributed by atoms with Crippen LogP contribution < -0.4 is 0 Å². The Hall–Kier alpha value is -1.19. The third-order valence-corrected chi connectivity index (χ3v) is 3.54. The van der Waals surface area contributed by atoms with Crippen LogP contribution in [0.1, 0.15) is 28.4 Å². The van der Waals surface area contributed by atoms with Crippen LogP contribution in [0.5, 0.6) is 0 Å². The number of hydrogen-bond acceptors (Lipinski definition) is 2. The summed E-state index contributed by atoms with van der Waals surface area (Å²) in [6, 6.07) is 8.06. The van der Waals surface area contributed by atoms with E-state index in [2.05, 4.69) is 34.8 Å². The second-order valence-electron chi connectivity index (χ2n) is 4.58. The number of benzene rings is 1. The highest BCUT2D eigenvalue weighted by Crippen LogP contribution is 2.21. The van der Waals surface area contributed by atoms with Crippen molar-refractivity contribution in [3.05, 3.63) is 63.4 Å². The van der Waals surface area contributed by atoms with Crippen LogP contribution in [0.3, 0.4) is 0 Å². The van der Waals surface area contributed by atoms with Crippen molar-refractivity contribution in [2.75, 3.05) is 0 Å². The number of aryl methyl sites for hydroxylation is 2. The van der Waals surface area contributed by atoms with E-state index in [0.29, 0.717) is 6.42 Å². The molecule has 1 unspecified atom stereocenters. The lowest BCUT2D eigenvalue weighted by Crippen LogP contribution is -2.03. The molecule has 3 heteroatoms. The van der Waals surface area contributed by atoms with Crippen LogP contribution in [-0.4, -0.2) is 10.1 Å². The van der Waals surface area contributed by atoms with E-state index in [1.807, 2.05) is 24.3 Å². The number of rotatable bonds is 3. The van der Waals surface area contributed by atoms with Gasteiger partial charge in [0.05, 0.1) is 6.10 Å². The molecule has 0 radical (unpaired) electrons. The number of pyridine rings is 1. The van der Waals surface area contributed by atoms with Gasteiger partial charge in [-0.2, -0.15) is 0 Å². The highest BCUT2D eigenvalue weighted by atomic mass is 79.9. The summed E-state index contributed by atoms with van der Waals surface area (Å²) >= 11 is 3.39. The van der Waals surface area contributed by atoms with Crippen molar-refractivity contribution in [3.63, 3.8) is 0 Å². The molecule has 1 aromatic heterocycles. The largest absolute Gasteiger partial charge is 0.388 e. The summed E-state index contributed by atoms with van der Waals surface area (Å²) in [6.45, 7) is 4.13. The molecule has 1 aromatic carbocycles. The van der Waals surface area contributed by atoms with Gasteiger partial charge < -0.3 is 5.11 Å². The third-order valence-electron chi connectivity index (χ3n) is 3.11. The van der Waals surface area contributed by atoms with Gasteiger partial charge in [-0.05, 0) is 58.1 Å². The Morgan fingerprint density at radius 3 is 2.61 bits per heavy atom. The maximum atomic E-state index is 10.2. The zero-order chi connectivity index (χ0) is 13.1. The molecule has 18 heavy (non-hydrogen) atoms. The molecule has 1 heterocycles. The minimum Gasteiger partial charge on any atom is -0.388 e. The molecule has 0 amide bonds. The van der Waals surface area contributed by atoms with Gasteiger partial charge in [-0.1, -0.05) is 18.2 Å². The fraction of sp³-hybridized carbons (Fsp3) is 0.267. The van der Waals surface area contributed by atoms with Crippen LogP contribution in [0.15, 0.2) is 41.1 Å². The lowest BCUT2D eigenvalue weighted by atomic mass is 9.99. The van der Waals surface area contributed by atoms with Gasteiger partial charge in [-0.25, -0.2) is 0 Å². The molecule has 0 fully saturated rings. The first kappa shape index (κ1) is 13.2. The zero-order valence-corrected chi connectivity index (χ0v) is 12.1. The van der Waals surface area contributed by atoms with Gasteiger partial charge in [0.1, 0.15) is 0 Å². The van der Waals surface area contributed by atoms with Gasteiger partial charge >= 0.3 is 0 Å². The van der Waals surface area contributed by atoms with Crippen LogP contribution in [0.4, 0.5) is 0 Å². The van der Waals surface area contributed by atoms with Crippen molar-refractivity contribution in [1.82, 2.24) is 4.98 Å². The summed E-state index contributed by atoms with van der Waals surface area (Å²) < 4.78 is 0.937. The van der Waals surface area contributed by atoms with E-state index < -0.39 is 6.10 Å². The average molecular weight is 306 g/mol. The number of aliphatic hydroxyl groups is 1. The molecule has 2 nitrogen and oxygen atoms in total. The van der Waals surface area contributed by atoms with Crippen LogP contribution in [0.25, 0.3) is 0 Å². The Morgan fingerprint density at radius 2 is 1.94 bits per heavy atom. The maximum Gasteiger partial charge on any atom is 0.0831 e. The van der Waals surface area contributed by atoms with Gasteiger partial charge in [0.2, 0.25) is 0 Å². The highest BCUT2D eigenvalue weighted by Gasteiger charge is 2.10.